The van der Waals surface area contributed by atoms with Crippen LogP contribution in [0.3, 0.4) is 0 Å². The zero-order valence-electron chi connectivity index (χ0n) is 14.4. The number of benzene rings is 2. The van der Waals surface area contributed by atoms with Crippen molar-refractivity contribution in [2.75, 3.05) is 11.5 Å². The summed E-state index contributed by atoms with van der Waals surface area (Å²) in [5.74, 6) is 0. The molecule has 7 nitrogen and oxygen atoms in total. The van der Waals surface area contributed by atoms with Crippen LogP contribution in [0, 0.1) is 5.21 Å². The Morgan fingerprint density at radius 1 is 0.741 bits per heavy atom. The molecule has 134 valence electrons. The summed E-state index contributed by atoms with van der Waals surface area (Å²) in [6.07, 6.45) is 7.59. The van der Waals surface area contributed by atoms with Gasteiger partial charge in [0.15, 0.2) is 5.69 Å². The average molecular weight is 358 g/mol. The van der Waals surface area contributed by atoms with E-state index in [-0.39, 0.29) is 5.69 Å². The maximum absolute atomic E-state index is 12.7. The smallest absolute Gasteiger partial charge is 0.269 e. The molecule has 0 atom stereocenters. The van der Waals surface area contributed by atoms with Crippen LogP contribution in [0.15, 0.2) is 90.6 Å². The van der Waals surface area contributed by atoms with Crippen molar-refractivity contribution in [3.8, 4) is 11.4 Å². The first-order valence-corrected chi connectivity index (χ1v) is 8.36. The van der Waals surface area contributed by atoms with E-state index in [1.165, 1.54) is 0 Å². The number of anilines is 2. The zero-order chi connectivity index (χ0) is 18.8. The summed E-state index contributed by atoms with van der Waals surface area (Å²) >= 11 is 0. The molecule has 0 amide bonds. The van der Waals surface area contributed by atoms with Gasteiger partial charge in [-0.1, -0.05) is 0 Å². The number of aromatic nitrogens is 2. The molecule has 0 aliphatic carbocycles. The van der Waals surface area contributed by atoms with Gasteiger partial charge in [-0.15, -0.1) is 0 Å². The molecular formula is C20H18N6O. The van der Waals surface area contributed by atoms with Gasteiger partial charge in [-0.05, 0) is 59.5 Å². The van der Waals surface area contributed by atoms with Crippen molar-refractivity contribution in [1.82, 2.24) is 9.13 Å². The second-order valence-electron chi connectivity index (χ2n) is 6.04. The molecule has 0 bridgehead atoms. The molecule has 0 saturated carbocycles. The van der Waals surface area contributed by atoms with E-state index in [1.807, 2.05) is 70.3 Å². The van der Waals surface area contributed by atoms with Crippen molar-refractivity contribution >= 4 is 22.7 Å². The Morgan fingerprint density at radius 3 is 1.85 bits per heavy atom. The van der Waals surface area contributed by atoms with Gasteiger partial charge in [-0.3, -0.25) is 0 Å². The minimum absolute atomic E-state index is 0.256. The van der Waals surface area contributed by atoms with Crippen LogP contribution in [0.25, 0.3) is 11.4 Å². The number of nitrogens with two attached hydrogens (primary N) is 2. The molecule has 27 heavy (non-hydrogen) atoms. The number of hydrogen-bond acceptors (Lipinski definition) is 4. The number of azo groups is 1. The van der Waals surface area contributed by atoms with Gasteiger partial charge in [0.2, 0.25) is 0 Å². The Balaban J connectivity index is 1.75. The number of nitrogens with zero attached hydrogens (tertiary/aromatic N) is 4. The molecule has 2 aromatic carbocycles. The maximum Gasteiger partial charge on any atom is 0.269 e. The molecular weight excluding hydrogens is 340 g/mol. The van der Waals surface area contributed by atoms with Crippen LogP contribution in [0.5, 0.6) is 0 Å². The predicted molar refractivity (Wildman–Crippen MR) is 106 cm³/mol. The van der Waals surface area contributed by atoms with Gasteiger partial charge >= 0.3 is 0 Å². The van der Waals surface area contributed by atoms with Gasteiger partial charge in [0.25, 0.3) is 5.69 Å². The second-order valence-corrected chi connectivity index (χ2v) is 6.04. The zero-order valence-corrected chi connectivity index (χ0v) is 14.4. The molecule has 4 aromatic rings. The van der Waals surface area contributed by atoms with Gasteiger partial charge in [0, 0.05) is 41.7 Å². The van der Waals surface area contributed by atoms with Crippen LogP contribution >= 0.6 is 0 Å². The highest BCUT2D eigenvalue weighted by molar-refractivity contribution is 5.66. The van der Waals surface area contributed by atoms with E-state index in [0.29, 0.717) is 21.9 Å². The van der Waals surface area contributed by atoms with Crippen LogP contribution in [-0.2, 0) is 0 Å². The molecule has 0 radical (unpaired) electrons. The Hall–Kier alpha value is -4.00. The van der Waals surface area contributed by atoms with Gasteiger partial charge in [0.1, 0.15) is 5.69 Å². The molecule has 2 aromatic heterocycles. The number of nitrogen functional groups attached to an aromatic ring is 2. The summed E-state index contributed by atoms with van der Waals surface area (Å²) in [6.45, 7) is 0. The first-order valence-electron chi connectivity index (χ1n) is 8.36. The Bertz CT molecular complexity index is 1100. The summed E-state index contributed by atoms with van der Waals surface area (Å²) < 4.78 is 3.80. The fourth-order valence-corrected chi connectivity index (χ4v) is 2.80. The summed E-state index contributed by atoms with van der Waals surface area (Å²) in [7, 11) is 0. The molecule has 0 saturated heterocycles. The van der Waals surface area contributed by atoms with E-state index in [2.05, 4.69) is 5.11 Å². The van der Waals surface area contributed by atoms with Gasteiger partial charge < -0.3 is 25.8 Å². The lowest BCUT2D eigenvalue weighted by Crippen LogP contribution is -2.00. The van der Waals surface area contributed by atoms with Crippen molar-refractivity contribution in [3.63, 3.8) is 0 Å². The van der Waals surface area contributed by atoms with Crippen LogP contribution < -0.4 is 11.5 Å². The van der Waals surface area contributed by atoms with Crippen molar-refractivity contribution < 1.29 is 4.86 Å². The highest BCUT2D eigenvalue weighted by Crippen LogP contribution is 2.30. The SMILES string of the molecule is Nc1ccc(-n2cccc2)cc1N=[N+]([O-])c1cc(-n2cccc2)ccc1N. The quantitative estimate of drug-likeness (QED) is 0.245. The minimum atomic E-state index is 0.256. The third-order valence-corrected chi connectivity index (χ3v) is 4.24. The maximum atomic E-state index is 12.7. The fraction of sp³-hybridized carbons (Fsp3) is 0. The molecule has 7 heteroatoms. The minimum Gasteiger partial charge on any atom is -0.594 e. The average Bonchev–Trinajstić information content (AvgIpc) is 3.38. The second kappa shape index (κ2) is 6.72. The largest absolute Gasteiger partial charge is 0.594 e. The van der Waals surface area contributed by atoms with Gasteiger partial charge in [-0.2, -0.15) is 0 Å². The third-order valence-electron chi connectivity index (χ3n) is 4.24. The lowest BCUT2D eigenvalue weighted by molar-refractivity contribution is -0.434. The molecule has 0 aliphatic heterocycles. The molecule has 0 aliphatic rings. The van der Waals surface area contributed by atoms with Crippen molar-refractivity contribution in [2.24, 2.45) is 5.11 Å². The van der Waals surface area contributed by atoms with Crippen LogP contribution in [-0.4, -0.2) is 14.0 Å². The summed E-state index contributed by atoms with van der Waals surface area (Å²) in [5, 5.41) is 16.8. The van der Waals surface area contributed by atoms with Crippen LogP contribution in [0.4, 0.5) is 22.7 Å². The Labute approximate surface area is 156 Å². The highest BCUT2D eigenvalue weighted by Gasteiger charge is 2.13. The molecule has 4 rings (SSSR count). The van der Waals surface area contributed by atoms with E-state index in [9.17, 15) is 5.21 Å². The number of hydrogen-bond donors (Lipinski definition) is 2. The van der Waals surface area contributed by atoms with E-state index in [1.54, 1.807) is 24.3 Å². The summed E-state index contributed by atoms with van der Waals surface area (Å²) in [5.41, 5.74) is 15.1. The molecule has 2 heterocycles. The van der Waals surface area contributed by atoms with Crippen molar-refractivity contribution in [2.45, 2.75) is 0 Å². The predicted octanol–water partition coefficient (Wildman–Crippen LogP) is 4.36. The lowest BCUT2D eigenvalue weighted by atomic mass is 10.2. The Morgan fingerprint density at radius 2 is 1.26 bits per heavy atom. The van der Waals surface area contributed by atoms with Gasteiger partial charge in [-0.25, -0.2) is 0 Å². The van der Waals surface area contributed by atoms with Crippen molar-refractivity contribution in [1.29, 1.82) is 0 Å². The molecule has 0 fully saturated rings. The van der Waals surface area contributed by atoms with Crippen molar-refractivity contribution in [3.05, 3.63) is 90.7 Å². The van der Waals surface area contributed by atoms with E-state index < -0.39 is 0 Å². The standard InChI is InChI=1S/C20H18N6O/c21-17-7-5-15(24-9-1-2-10-24)13-19(17)23-26(27)20-14-16(6-8-18(20)22)25-11-3-4-12-25/h1-14H,21-22H2. The normalized spacial score (nSPS) is 11.6. The van der Waals surface area contributed by atoms with E-state index in [4.69, 9.17) is 11.5 Å². The number of rotatable bonds is 4. The first kappa shape index (κ1) is 16.5. The highest BCUT2D eigenvalue weighted by atomic mass is 16.5. The van der Waals surface area contributed by atoms with Crippen LogP contribution in [0.2, 0.25) is 0 Å². The fourth-order valence-electron chi connectivity index (χ4n) is 2.80. The summed E-state index contributed by atoms with van der Waals surface area (Å²) in [6, 6.07) is 18.2. The Kier molecular flexibility index (Phi) is 4.10. The lowest BCUT2D eigenvalue weighted by Gasteiger charge is -2.08. The summed E-state index contributed by atoms with van der Waals surface area (Å²) in [4.78, 5) is 0.507. The topological polar surface area (TPSA) is 100 Å². The van der Waals surface area contributed by atoms with Crippen LogP contribution in [0.1, 0.15) is 0 Å². The molecule has 0 spiro atoms. The molecule has 0 unspecified atom stereocenters. The van der Waals surface area contributed by atoms with E-state index >= 15 is 0 Å². The third kappa shape index (κ3) is 3.25. The first-order chi connectivity index (χ1) is 13.1. The van der Waals surface area contributed by atoms with Gasteiger partial charge in [0.05, 0.1) is 11.4 Å². The molecule has 4 N–H and O–H groups in total. The monoisotopic (exact) mass is 358 g/mol. The van der Waals surface area contributed by atoms with E-state index in [0.717, 1.165) is 11.4 Å².